The summed E-state index contributed by atoms with van der Waals surface area (Å²) in [6.07, 6.45) is 1.72. The molecule has 0 bridgehead atoms. The third kappa shape index (κ3) is 4.02. The zero-order valence-electron chi connectivity index (χ0n) is 14.7. The van der Waals surface area contributed by atoms with E-state index in [4.69, 9.17) is 4.52 Å². The second-order valence-electron chi connectivity index (χ2n) is 5.83. The molecule has 0 unspecified atom stereocenters. The SMILES string of the molecule is Cc1cc(NS(=O)(=O)c2ccc(Nc3nc(-c4ccccn4)cs3)cc2)no1. The Morgan fingerprint density at radius 1 is 1.07 bits per heavy atom. The van der Waals surface area contributed by atoms with Crippen LogP contribution in [0.3, 0.4) is 0 Å². The number of thiazole rings is 1. The van der Waals surface area contributed by atoms with E-state index in [1.807, 2.05) is 23.6 Å². The van der Waals surface area contributed by atoms with Crippen molar-refractivity contribution in [2.45, 2.75) is 11.8 Å². The minimum Gasteiger partial charge on any atom is -0.360 e. The van der Waals surface area contributed by atoms with Crippen molar-refractivity contribution >= 4 is 38.0 Å². The van der Waals surface area contributed by atoms with Gasteiger partial charge in [0.25, 0.3) is 10.0 Å². The fourth-order valence-corrected chi connectivity index (χ4v) is 4.12. The highest BCUT2D eigenvalue weighted by molar-refractivity contribution is 7.92. The van der Waals surface area contributed by atoms with Crippen LogP contribution in [0.15, 0.2) is 69.5 Å². The van der Waals surface area contributed by atoms with E-state index in [0.29, 0.717) is 10.9 Å². The Hall–Kier alpha value is -3.24. The van der Waals surface area contributed by atoms with Gasteiger partial charge in [-0.2, -0.15) is 0 Å². The van der Waals surface area contributed by atoms with E-state index in [1.165, 1.54) is 29.5 Å². The second-order valence-corrected chi connectivity index (χ2v) is 8.37. The van der Waals surface area contributed by atoms with Gasteiger partial charge in [-0.3, -0.25) is 9.71 Å². The van der Waals surface area contributed by atoms with Gasteiger partial charge in [-0.05, 0) is 43.3 Å². The first-order valence-electron chi connectivity index (χ1n) is 8.20. The zero-order valence-corrected chi connectivity index (χ0v) is 16.3. The molecule has 10 heteroatoms. The molecule has 0 radical (unpaired) electrons. The Balaban J connectivity index is 1.47. The van der Waals surface area contributed by atoms with Crippen LogP contribution in [0.2, 0.25) is 0 Å². The van der Waals surface area contributed by atoms with Gasteiger partial charge in [0.05, 0.1) is 10.6 Å². The summed E-state index contributed by atoms with van der Waals surface area (Å²) in [7, 11) is -3.74. The molecule has 142 valence electrons. The number of nitrogens with one attached hydrogen (secondary N) is 2. The fourth-order valence-electron chi connectivity index (χ4n) is 2.42. The summed E-state index contributed by atoms with van der Waals surface area (Å²) >= 11 is 1.44. The van der Waals surface area contributed by atoms with Crippen LogP contribution in [0.1, 0.15) is 5.76 Å². The summed E-state index contributed by atoms with van der Waals surface area (Å²) in [5, 5.41) is 9.40. The molecule has 0 amide bonds. The van der Waals surface area contributed by atoms with Crippen molar-refractivity contribution < 1.29 is 12.9 Å². The molecule has 4 aromatic rings. The van der Waals surface area contributed by atoms with Crippen LogP contribution in [0, 0.1) is 6.92 Å². The van der Waals surface area contributed by atoms with E-state index in [-0.39, 0.29) is 10.7 Å². The quantitative estimate of drug-likeness (QED) is 0.491. The van der Waals surface area contributed by atoms with E-state index in [0.717, 1.165) is 17.1 Å². The third-order valence-electron chi connectivity index (χ3n) is 3.71. The van der Waals surface area contributed by atoms with Crippen molar-refractivity contribution in [3.8, 4) is 11.4 Å². The average molecular weight is 413 g/mol. The number of hydrogen-bond donors (Lipinski definition) is 2. The van der Waals surface area contributed by atoms with Crippen LogP contribution < -0.4 is 10.0 Å². The Labute approximate surface area is 165 Å². The molecule has 0 aliphatic carbocycles. The standard InChI is InChI=1S/C18H15N5O3S2/c1-12-10-17(22-26-12)23-28(24,25)14-7-5-13(6-8-14)20-18-21-16(11-27-18)15-4-2-3-9-19-15/h2-11H,1H3,(H,20,21)(H,22,23). The minimum absolute atomic E-state index is 0.118. The first kappa shape index (κ1) is 18.1. The first-order chi connectivity index (χ1) is 13.5. The lowest BCUT2D eigenvalue weighted by molar-refractivity contribution is 0.400. The molecule has 2 N–H and O–H groups in total. The van der Waals surface area contributed by atoms with Crippen molar-refractivity contribution in [3.63, 3.8) is 0 Å². The van der Waals surface area contributed by atoms with E-state index >= 15 is 0 Å². The number of benzene rings is 1. The third-order valence-corrected chi connectivity index (χ3v) is 5.84. The summed E-state index contributed by atoms with van der Waals surface area (Å²) in [6.45, 7) is 1.68. The minimum atomic E-state index is -3.74. The van der Waals surface area contributed by atoms with Gasteiger partial charge in [-0.1, -0.05) is 11.2 Å². The van der Waals surface area contributed by atoms with Crippen LogP contribution in [-0.4, -0.2) is 23.5 Å². The molecule has 1 aromatic carbocycles. The van der Waals surface area contributed by atoms with E-state index < -0.39 is 10.0 Å². The number of anilines is 3. The number of hydrogen-bond acceptors (Lipinski definition) is 8. The van der Waals surface area contributed by atoms with Crippen molar-refractivity contribution in [2.75, 3.05) is 10.0 Å². The van der Waals surface area contributed by atoms with E-state index in [1.54, 1.807) is 25.3 Å². The number of sulfonamides is 1. The maximum Gasteiger partial charge on any atom is 0.263 e. The Bertz CT molecular complexity index is 1190. The largest absolute Gasteiger partial charge is 0.360 e. The zero-order chi connectivity index (χ0) is 19.6. The monoisotopic (exact) mass is 413 g/mol. The van der Waals surface area contributed by atoms with E-state index in [2.05, 4.69) is 25.2 Å². The van der Waals surface area contributed by atoms with Crippen LogP contribution in [-0.2, 0) is 10.0 Å². The Kier molecular flexibility index (Phi) is 4.80. The van der Waals surface area contributed by atoms with Gasteiger partial charge in [0, 0.05) is 23.3 Å². The summed E-state index contributed by atoms with van der Waals surface area (Å²) in [6, 6.07) is 13.5. The van der Waals surface area contributed by atoms with Gasteiger partial charge in [-0.25, -0.2) is 13.4 Å². The highest BCUT2D eigenvalue weighted by Crippen LogP contribution is 2.26. The maximum absolute atomic E-state index is 12.4. The number of nitrogens with zero attached hydrogens (tertiary/aromatic N) is 3. The molecule has 0 fully saturated rings. The predicted octanol–water partition coefficient (Wildman–Crippen LogP) is 4.05. The van der Waals surface area contributed by atoms with Crippen molar-refractivity contribution in [1.82, 2.24) is 15.1 Å². The van der Waals surface area contributed by atoms with Crippen molar-refractivity contribution in [2.24, 2.45) is 0 Å². The lowest BCUT2D eigenvalue weighted by Gasteiger charge is -2.07. The number of pyridine rings is 1. The number of rotatable bonds is 6. The Morgan fingerprint density at radius 2 is 1.89 bits per heavy atom. The summed E-state index contributed by atoms with van der Waals surface area (Å²) < 4.78 is 32.1. The van der Waals surface area contributed by atoms with Gasteiger partial charge < -0.3 is 9.84 Å². The molecule has 0 aliphatic heterocycles. The molecule has 0 spiro atoms. The fraction of sp³-hybridized carbons (Fsp3) is 0.0556. The molecular weight excluding hydrogens is 398 g/mol. The summed E-state index contributed by atoms with van der Waals surface area (Å²) in [4.78, 5) is 8.89. The van der Waals surface area contributed by atoms with Gasteiger partial charge in [0.2, 0.25) is 0 Å². The van der Waals surface area contributed by atoms with Crippen LogP contribution in [0.4, 0.5) is 16.6 Å². The van der Waals surface area contributed by atoms with Gasteiger partial charge in [0.15, 0.2) is 10.9 Å². The number of aromatic nitrogens is 3. The predicted molar refractivity (Wildman–Crippen MR) is 107 cm³/mol. The molecule has 0 saturated heterocycles. The van der Waals surface area contributed by atoms with Gasteiger partial charge in [-0.15, -0.1) is 11.3 Å². The first-order valence-corrected chi connectivity index (χ1v) is 10.6. The average Bonchev–Trinajstić information content (AvgIpc) is 3.31. The van der Waals surface area contributed by atoms with Gasteiger partial charge >= 0.3 is 0 Å². The van der Waals surface area contributed by atoms with Crippen LogP contribution in [0.25, 0.3) is 11.4 Å². The topological polar surface area (TPSA) is 110 Å². The molecule has 0 saturated carbocycles. The summed E-state index contributed by atoms with van der Waals surface area (Å²) in [5.74, 6) is 0.662. The normalized spacial score (nSPS) is 11.3. The highest BCUT2D eigenvalue weighted by Gasteiger charge is 2.16. The van der Waals surface area contributed by atoms with Crippen LogP contribution in [0.5, 0.6) is 0 Å². The number of aryl methyl sites for hydroxylation is 1. The highest BCUT2D eigenvalue weighted by atomic mass is 32.2. The lowest BCUT2D eigenvalue weighted by atomic mass is 10.3. The van der Waals surface area contributed by atoms with Crippen LogP contribution >= 0.6 is 11.3 Å². The molecule has 28 heavy (non-hydrogen) atoms. The van der Waals surface area contributed by atoms with Crippen molar-refractivity contribution in [3.05, 3.63) is 65.9 Å². The molecular formula is C18H15N5O3S2. The van der Waals surface area contributed by atoms with E-state index in [9.17, 15) is 8.42 Å². The molecule has 4 rings (SSSR count). The molecule has 8 nitrogen and oxygen atoms in total. The molecule has 3 heterocycles. The Morgan fingerprint density at radius 3 is 2.57 bits per heavy atom. The summed E-state index contributed by atoms with van der Waals surface area (Å²) in [5.41, 5.74) is 2.29. The van der Waals surface area contributed by atoms with Crippen molar-refractivity contribution in [1.29, 1.82) is 0 Å². The molecule has 0 atom stereocenters. The molecule has 0 aliphatic rings. The molecule has 3 aromatic heterocycles. The smallest absolute Gasteiger partial charge is 0.263 e. The second kappa shape index (κ2) is 7.41. The van der Waals surface area contributed by atoms with Gasteiger partial charge in [0.1, 0.15) is 11.5 Å². The maximum atomic E-state index is 12.4. The lowest BCUT2D eigenvalue weighted by Crippen LogP contribution is -2.13.